The summed E-state index contributed by atoms with van der Waals surface area (Å²) in [5.74, 6) is 0. The maximum atomic E-state index is 6.05. The fraction of sp³-hybridized carbons (Fsp3) is 0.538. The number of rotatable bonds is 3. The first-order chi connectivity index (χ1) is 7.57. The van der Waals surface area contributed by atoms with Gasteiger partial charge in [0.1, 0.15) is 5.60 Å². The van der Waals surface area contributed by atoms with E-state index in [2.05, 4.69) is 6.07 Å². The van der Waals surface area contributed by atoms with Crippen LogP contribution in [0.4, 0.5) is 0 Å². The minimum atomic E-state index is -0.298. The first-order valence-electron chi connectivity index (χ1n) is 5.74. The molecular weight excluding hydrogens is 222 g/mol. The summed E-state index contributed by atoms with van der Waals surface area (Å²) in [7, 11) is 0. The highest BCUT2D eigenvalue weighted by Crippen LogP contribution is 2.41. The summed E-state index contributed by atoms with van der Waals surface area (Å²) in [6.45, 7) is 4.62. The molecule has 0 saturated heterocycles. The minimum Gasteiger partial charge on any atom is -0.366 e. The van der Waals surface area contributed by atoms with Gasteiger partial charge in [-0.25, -0.2) is 0 Å². The molecule has 0 saturated carbocycles. The van der Waals surface area contributed by atoms with Crippen LogP contribution < -0.4 is 5.73 Å². The lowest BCUT2D eigenvalue weighted by Crippen LogP contribution is -2.37. The zero-order valence-corrected chi connectivity index (χ0v) is 10.6. The SMILES string of the molecule is CC(C)OC1(CN)CCc2cc(Cl)ccc21. The van der Waals surface area contributed by atoms with E-state index in [1.54, 1.807) is 0 Å². The Bertz CT molecular complexity index is 392. The van der Waals surface area contributed by atoms with Crippen LogP contribution in [0.5, 0.6) is 0 Å². The molecule has 0 aromatic heterocycles. The molecule has 0 spiro atoms. The molecule has 1 aromatic rings. The van der Waals surface area contributed by atoms with Gasteiger partial charge < -0.3 is 10.5 Å². The predicted molar refractivity (Wildman–Crippen MR) is 66.7 cm³/mol. The Balaban J connectivity index is 2.39. The van der Waals surface area contributed by atoms with Crippen molar-refractivity contribution in [3.8, 4) is 0 Å². The summed E-state index contributed by atoms with van der Waals surface area (Å²) in [6.07, 6.45) is 2.14. The molecule has 1 aliphatic carbocycles. The van der Waals surface area contributed by atoms with E-state index in [0.717, 1.165) is 17.9 Å². The molecule has 1 unspecified atom stereocenters. The number of hydrogen-bond donors (Lipinski definition) is 1. The van der Waals surface area contributed by atoms with E-state index in [9.17, 15) is 0 Å². The maximum absolute atomic E-state index is 6.05. The molecule has 2 nitrogen and oxygen atoms in total. The van der Waals surface area contributed by atoms with E-state index in [1.807, 2.05) is 26.0 Å². The summed E-state index contributed by atoms with van der Waals surface area (Å²) in [5, 5.41) is 0.788. The van der Waals surface area contributed by atoms with E-state index in [0.29, 0.717) is 6.54 Å². The highest BCUT2D eigenvalue weighted by atomic mass is 35.5. The molecule has 0 amide bonds. The van der Waals surface area contributed by atoms with Gasteiger partial charge in [-0.3, -0.25) is 0 Å². The van der Waals surface area contributed by atoms with Crippen LogP contribution in [0, 0.1) is 0 Å². The minimum absolute atomic E-state index is 0.185. The number of ether oxygens (including phenoxy) is 1. The van der Waals surface area contributed by atoms with Gasteiger partial charge in [0.15, 0.2) is 0 Å². The van der Waals surface area contributed by atoms with Gasteiger partial charge in [-0.2, -0.15) is 0 Å². The zero-order valence-electron chi connectivity index (χ0n) is 9.79. The van der Waals surface area contributed by atoms with Crippen molar-refractivity contribution >= 4 is 11.6 Å². The maximum Gasteiger partial charge on any atom is 0.106 e. The lowest BCUT2D eigenvalue weighted by molar-refractivity contribution is -0.0780. The Labute approximate surface area is 102 Å². The van der Waals surface area contributed by atoms with Crippen LogP contribution in [0.3, 0.4) is 0 Å². The molecule has 1 atom stereocenters. The van der Waals surface area contributed by atoms with Crippen LogP contribution in [0.2, 0.25) is 5.02 Å². The van der Waals surface area contributed by atoms with Crippen LogP contribution in [0.15, 0.2) is 18.2 Å². The third-order valence-corrected chi connectivity index (χ3v) is 3.38. The van der Waals surface area contributed by atoms with Gasteiger partial charge in [0.2, 0.25) is 0 Å². The van der Waals surface area contributed by atoms with Crippen molar-refractivity contribution < 1.29 is 4.74 Å². The quantitative estimate of drug-likeness (QED) is 0.881. The smallest absolute Gasteiger partial charge is 0.106 e. The van der Waals surface area contributed by atoms with Gasteiger partial charge in [0, 0.05) is 11.6 Å². The second kappa shape index (κ2) is 4.36. The Hall–Kier alpha value is -0.570. The fourth-order valence-electron chi connectivity index (χ4n) is 2.52. The molecule has 0 fully saturated rings. The number of benzene rings is 1. The number of nitrogens with two attached hydrogens (primary N) is 1. The number of aryl methyl sites for hydroxylation is 1. The number of hydrogen-bond acceptors (Lipinski definition) is 2. The second-order valence-electron chi connectivity index (χ2n) is 4.67. The molecule has 16 heavy (non-hydrogen) atoms. The molecule has 2 rings (SSSR count). The van der Waals surface area contributed by atoms with Crippen LogP contribution in [0.1, 0.15) is 31.4 Å². The van der Waals surface area contributed by atoms with Crippen LogP contribution in [-0.2, 0) is 16.8 Å². The van der Waals surface area contributed by atoms with E-state index in [1.165, 1.54) is 11.1 Å². The summed E-state index contributed by atoms with van der Waals surface area (Å²) in [6, 6.07) is 6.00. The topological polar surface area (TPSA) is 35.2 Å². The lowest BCUT2D eigenvalue weighted by atomic mass is 9.95. The van der Waals surface area contributed by atoms with Crippen molar-refractivity contribution in [3.05, 3.63) is 34.3 Å². The largest absolute Gasteiger partial charge is 0.366 e. The summed E-state index contributed by atoms with van der Waals surface area (Å²) >= 11 is 5.99. The molecule has 1 aliphatic rings. The van der Waals surface area contributed by atoms with Crippen molar-refractivity contribution in [3.63, 3.8) is 0 Å². The average molecular weight is 240 g/mol. The number of fused-ring (bicyclic) bond motifs is 1. The van der Waals surface area contributed by atoms with Crippen LogP contribution in [-0.4, -0.2) is 12.6 Å². The van der Waals surface area contributed by atoms with Gasteiger partial charge in [-0.1, -0.05) is 17.7 Å². The molecule has 0 aliphatic heterocycles. The van der Waals surface area contributed by atoms with Gasteiger partial charge >= 0.3 is 0 Å². The Morgan fingerprint density at radius 1 is 1.50 bits per heavy atom. The summed E-state index contributed by atoms with van der Waals surface area (Å²) < 4.78 is 6.05. The van der Waals surface area contributed by atoms with Crippen molar-refractivity contribution in [2.45, 2.75) is 38.4 Å². The van der Waals surface area contributed by atoms with Crippen LogP contribution in [0.25, 0.3) is 0 Å². The molecule has 0 bridgehead atoms. The Kier molecular flexibility index (Phi) is 3.24. The molecule has 1 aromatic carbocycles. The van der Waals surface area contributed by atoms with E-state index >= 15 is 0 Å². The van der Waals surface area contributed by atoms with Gasteiger partial charge in [-0.15, -0.1) is 0 Å². The zero-order chi connectivity index (χ0) is 11.8. The monoisotopic (exact) mass is 239 g/mol. The Morgan fingerprint density at radius 3 is 2.88 bits per heavy atom. The highest BCUT2D eigenvalue weighted by Gasteiger charge is 2.39. The molecule has 2 N–H and O–H groups in total. The van der Waals surface area contributed by atoms with Crippen molar-refractivity contribution in [1.82, 2.24) is 0 Å². The lowest BCUT2D eigenvalue weighted by Gasteiger charge is -2.31. The first-order valence-corrected chi connectivity index (χ1v) is 6.12. The second-order valence-corrected chi connectivity index (χ2v) is 5.10. The van der Waals surface area contributed by atoms with Gasteiger partial charge in [0.25, 0.3) is 0 Å². The molecule has 88 valence electrons. The fourth-order valence-corrected chi connectivity index (χ4v) is 2.71. The molecular formula is C13H18ClNO. The van der Waals surface area contributed by atoms with E-state index in [4.69, 9.17) is 22.1 Å². The first kappa shape index (κ1) is 11.9. The standard InChI is InChI=1S/C13H18ClNO/c1-9(2)16-13(8-15)6-5-10-7-11(14)3-4-12(10)13/h3-4,7,9H,5-6,8,15H2,1-2H3. The predicted octanol–water partition coefficient (Wildman–Crippen LogP) is 2.87. The Morgan fingerprint density at radius 2 is 2.25 bits per heavy atom. The van der Waals surface area contributed by atoms with Gasteiger partial charge in [0.05, 0.1) is 6.10 Å². The average Bonchev–Trinajstić information content (AvgIpc) is 2.56. The van der Waals surface area contributed by atoms with Crippen LogP contribution >= 0.6 is 11.6 Å². The summed E-state index contributed by atoms with van der Waals surface area (Å²) in [5.41, 5.74) is 8.11. The van der Waals surface area contributed by atoms with Crippen molar-refractivity contribution in [2.75, 3.05) is 6.54 Å². The molecule has 3 heteroatoms. The van der Waals surface area contributed by atoms with E-state index < -0.39 is 0 Å². The normalized spacial score (nSPS) is 23.8. The molecule has 0 heterocycles. The van der Waals surface area contributed by atoms with Crippen molar-refractivity contribution in [2.24, 2.45) is 5.73 Å². The number of halogens is 1. The van der Waals surface area contributed by atoms with E-state index in [-0.39, 0.29) is 11.7 Å². The third-order valence-electron chi connectivity index (χ3n) is 3.15. The van der Waals surface area contributed by atoms with Crippen molar-refractivity contribution in [1.29, 1.82) is 0 Å². The highest BCUT2D eigenvalue weighted by molar-refractivity contribution is 6.30. The molecule has 0 radical (unpaired) electrons. The summed E-state index contributed by atoms with van der Waals surface area (Å²) in [4.78, 5) is 0. The third kappa shape index (κ3) is 1.97. The van der Waals surface area contributed by atoms with Gasteiger partial charge in [-0.05, 0) is 49.9 Å².